The summed E-state index contributed by atoms with van der Waals surface area (Å²) in [6.45, 7) is 6.62. The molecule has 1 aromatic rings. The zero-order chi connectivity index (χ0) is 13.0. The highest BCUT2D eigenvalue weighted by atomic mass is 32.1. The van der Waals surface area contributed by atoms with E-state index in [4.69, 9.17) is 5.11 Å². The van der Waals surface area contributed by atoms with Crippen LogP contribution in [0.5, 0.6) is 0 Å². The predicted octanol–water partition coefficient (Wildman–Crippen LogP) is 0.319. The number of thiazole rings is 1. The van der Waals surface area contributed by atoms with Gasteiger partial charge in [0.05, 0.1) is 11.5 Å². The van der Waals surface area contributed by atoms with Crippen molar-refractivity contribution >= 4 is 16.5 Å². The Balaban J connectivity index is 1.79. The van der Waals surface area contributed by atoms with Crippen LogP contribution in [0.1, 0.15) is 4.88 Å². The molecule has 102 valence electrons. The maximum absolute atomic E-state index is 9.05. The van der Waals surface area contributed by atoms with Gasteiger partial charge in [-0.25, -0.2) is 4.98 Å². The third kappa shape index (κ3) is 3.65. The van der Waals surface area contributed by atoms with E-state index in [0.717, 1.165) is 49.3 Å². The van der Waals surface area contributed by atoms with E-state index in [2.05, 4.69) is 33.8 Å². The van der Waals surface area contributed by atoms with E-state index in [1.165, 1.54) is 0 Å². The van der Waals surface area contributed by atoms with Crippen molar-refractivity contribution in [1.82, 2.24) is 14.8 Å². The van der Waals surface area contributed by atoms with Crippen LogP contribution in [0, 0.1) is 0 Å². The van der Waals surface area contributed by atoms with Crippen LogP contribution in [-0.2, 0) is 6.61 Å². The van der Waals surface area contributed by atoms with Gasteiger partial charge in [0, 0.05) is 45.5 Å². The Bertz CT molecular complexity index is 361. The standard InChI is InChI=1S/C12H22N4OS/c1-14(2)3-4-15-5-7-16(8-6-15)12-13-9-11(10-17)18-12/h9,17H,3-8,10H2,1-2H3. The van der Waals surface area contributed by atoms with E-state index < -0.39 is 0 Å². The second-order valence-electron chi connectivity index (χ2n) is 4.90. The van der Waals surface area contributed by atoms with Gasteiger partial charge in [-0.2, -0.15) is 0 Å². The van der Waals surface area contributed by atoms with Gasteiger partial charge in [-0.15, -0.1) is 0 Å². The predicted molar refractivity (Wildman–Crippen MR) is 75.2 cm³/mol. The van der Waals surface area contributed by atoms with Crippen LogP contribution in [0.2, 0.25) is 0 Å². The molecule has 0 aromatic carbocycles. The lowest BCUT2D eigenvalue weighted by Crippen LogP contribution is -2.48. The van der Waals surface area contributed by atoms with E-state index in [9.17, 15) is 0 Å². The molecule has 6 heteroatoms. The molecule has 1 aliphatic rings. The highest BCUT2D eigenvalue weighted by Crippen LogP contribution is 2.23. The summed E-state index contributed by atoms with van der Waals surface area (Å²) in [6.07, 6.45) is 1.78. The maximum atomic E-state index is 9.05. The highest BCUT2D eigenvalue weighted by Gasteiger charge is 2.19. The van der Waals surface area contributed by atoms with Crippen molar-refractivity contribution in [1.29, 1.82) is 0 Å². The number of hydrogen-bond donors (Lipinski definition) is 1. The number of hydrogen-bond acceptors (Lipinski definition) is 6. The number of likely N-dealkylation sites (N-methyl/N-ethyl adjacent to an activating group) is 1. The number of rotatable bonds is 5. The van der Waals surface area contributed by atoms with Crippen molar-refractivity contribution in [3.63, 3.8) is 0 Å². The molecule has 1 aliphatic heterocycles. The second-order valence-corrected chi connectivity index (χ2v) is 5.99. The lowest BCUT2D eigenvalue weighted by molar-refractivity contribution is 0.229. The molecule has 1 fully saturated rings. The molecule has 5 nitrogen and oxygen atoms in total. The first-order valence-corrected chi connectivity index (χ1v) is 7.18. The van der Waals surface area contributed by atoms with Crippen LogP contribution in [0.3, 0.4) is 0 Å². The van der Waals surface area contributed by atoms with E-state index in [0.29, 0.717) is 0 Å². The number of aromatic nitrogens is 1. The normalized spacial score (nSPS) is 17.7. The Morgan fingerprint density at radius 2 is 2.06 bits per heavy atom. The van der Waals surface area contributed by atoms with Crippen LogP contribution >= 0.6 is 11.3 Å². The van der Waals surface area contributed by atoms with Crippen molar-refractivity contribution in [2.75, 3.05) is 58.3 Å². The van der Waals surface area contributed by atoms with Crippen LogP contribution in [-0.4, -0.2) is 73.3 Å². The lowest BCUT2D eigenvalue weighted by atomic mass is 10.3. The molecule has 0 aliphatic carbocycles. The van der Waals surface area contributed by atoms with Crippen LogP contribution < -0.4 is 4.90 Å². The van der Waals surface area contributed by atoms with Gasteiger partial charge in [-0.05, 0) is 14.1 Å². The molecule has 0 spiro atoms. The Labute approximate surface area is 113 Å². The molecule has 1 N–H and O–H groups in total. The topological polar surface area (TPSA) is 42.8 Å². The quantitative estimate of drug-likeness (QED) is 0.835. The number of aliphatic hydroxyl groups excluding tert-OH is 1. The first-order chi connectivity index (χ1) is 8.69. The second kappa shape index (κ2) is 6.47. The first-order valence-electron chi connectivity index (χ1n) is 6.36. The van der Waals surface area contributed by atoms with E-state index in [1.807, 2.05) is 0 Å². The van der Waals surface area contributed by atoms with Crippen LogP contribution in [0.15, 0.2) is 6.20 Å². The summed E-state index contributed by atoms with van der Waals surface area (Å²) in [4.78, 5) is 12.3. The molecule has 1 saturated heterocycles. The number of piperazine rings is 1. The van der Waals surface area contributed by atoms with Gasteiger partial charge in [0.2, 0.25) is 0 Å². The molecule has 0 saturated carbocycles. The Kier molecular flexibility index (Phi) is 4.94. The number of aliphatic hydroxyl groups is 1. The average molecular weight is 270 g/mol. The van der Waals surface area contributed by atoms with Gasteiger partial charge in [-0.1, -0.05) is 11.3 Å². The summed E-state index contributed by atoms with van der Waals surface area (Å²) in [5.74, 6) is 0. The Morgan fingerprint density at radius 1 is 1.33 bits per heavy atom. The largest absolute Gasteiger partial charge is 0.391 e. The SMILES string of the molecule is CN(C)CCN1CCN(c2ncc(CO)s2)CC1. The third-order valence-corrected chi connectivity index (χ3v) is 4.25. The van der Waals surface area contributed by atoms with Crippen molar-refractivity contribution < 1.29 is 5.11 Å². The van der Waals surface area contributed by atoms with Gasteiger partial charge < -0.3 is 14.9 Å². The molecule has 18 heavy (non-hydrogen) atoms. The summed E-state index contributed by atoms with van der Waals surface area (Å²) >= 11 is 1.60. The van der Waals surface area contributed by atoms with Gasteiger partial charge in [0.1, 0.15) is 0 Å². The molecule has 0 bridgehead atoms. The minimum Gasteiger partial charge on any atom is -0.391 e. The highest BCUT2D eigenvalue weighted by molar-refractivity contribution is 7.15. The fourth-order valence-corrected chi connectivity index (χ4v) is 2.84. The van der Waals surface area contributed by atoms with E-state index in [1.54, 1.807) is 17.5 Å². The number of anilines is 1. The summed E-state index contributed by atoms with van der Waals surface area (Å²) in [6, 6.07) is 0. The third-order valence-electron chi connectivity index (χ3n) is 3.20. The molecule has 0 radical (unpaired) electrons. The fourth-order valence-electron chi connectivity index (χ4n) is 2.02. The lowest BCUT2D eigenvalue weighted by Gasteiger charge is -2.35. The Morgan fingerprint density at radius 3 is 2.61 bits per heavy atom. The molecule has 2 heterocycles. The monoisotopic (exact) mass is 270 g/mol. The van der Waals surface area contributed by atoms with Crippen molar-refractivity contribution in [3.8, 4) is 0 Å². The van der Waals surface area contributed by atoms with Crippen LogP contribution in [0.4, 0.5) is 5.13 Å². The van der Waals surface area contributed by atoms with Crippen molar-refractivity contribution in [3.05, 3.63) is 11.1 Å². The van der Waals surface area contributed by atoms with Crippen molar-refractivity contribution in [2.24, 2.45) is 0 Å². The van der Waals surface area contributed by atoms with Gasteiger partial charge in [0.15, 0.2) is 5.13 Å². The summed E-state index contributed by atoms with van der Waals surface area (Å²) < 4.78 is 0. The summed E-state index contributed by atoms with van der Waals surface area (Å²) in [5.41, 5.74) is 0. The smallest absolute Gasteiger partial charge is 0.185 e. The van der Waals surface area contributed by atoms with Gasteiger partial charge >= 0.3 is 0 Å². The first kappa shape index (κ1) is 13.7. The molecule has 1 aromatic heterocycles. The fraction of sp³-hybridized carbons (Fsp3) is 0.750. The Hall–Kier alpha value is -0.690. The maximum Gasteiger partial charge on any atom is 0.185 e. The molecule has 0 atom stereocenters. The zero-order valence-electron chi connectivity index (χ0n) is 11.2. The van der Waals surface area contributed by atoms with Crippen LogP contribution in [0.25, 0.3) is 0 Å². The molecule has 0 amide bonds. The van der Waals surface area contributed by atoms with E-state index >= 15 is 0 Å². The van der Waals surface area contributed by atoms with Crippen molar-refractivity contribution in [2.45, 2.75) is 6.61 Å². The van der Waals surface area contributed by atoms with Gasteiger partial charge in [-0.3, -0.25) is 4.90 Å². The average Bonchev–Trinajstić information content (AvgIpc) is 2.85. The minimum atomic E-state index is 0.0977. The minimum absolute atomic E-state index is 0.0977. The molecular formula is C12H22N4OS. The molecular weight excluding hydrogens is 248 g/mol. The molecule has 0 unspecified atom stereocenters. The summed E-state index contributed by atoms with van der Waals surface area (Å²) in [5, 5.41) is 10.1. The summed E-state index contributed by atoms with van der Waals surface area (Å²) in [7, 11) is 4.23. The number of nitrogens with zero attached hydrogens (tertiary/aromatic N) is 4. The van der Waals surface area contributed by atoms with Gasteiger partial charge in [0.25, 0.3) is 0 Å². The molecule has 2 rings (SSSR count). The van der Waals surface area contributed by atoms with E-state index in [-0.39, 0.29) is 6.61 Å². The zero-order valence-corrected chi connectivity index (χ0v) is 12.0.